The molecule has 1 aromatic rings. The first-order chi connectivity index (χ1) is 9.24. The normalized spacial score (nSPS) is 31.9. The van der Waals surface area contributed by atoms with Crippen LogP contribution in [0.5, 0.6) is 5.75 Å². The van der Waals surface area contributed by atoms with Crippen LogP contribution in [0.15, 0.2) is 22.7 Å². The second-order valence-corrected chi connectivity index (χ2v) is 13.8. The van der Waals surface area contributed by atoms with Crippen LogP contribution in [0, 0.1) is 0 Å². The quantitative estimate of drug-likeness (QED) is 0.318. The molecule has 3 unspecified atom stereocenters. The fourth-order valence-corrected chi connectivity index (χ4v) is 12.8. The van der Waals surface area contributed by atoms with Gasteiger partial charge in [0.05, 0.1) is 5.02 Å². The number of nitrogens with zero attached hydrogens (tertiary/aromatic N) is 3. The minimum absolute atomic E-state index is 0.267. The van der Waals surface area contributed by atoms with Crippen molar-refractivity contribution < 1.29 is 4.52 Å². The first-order valence-corrected chi connectivity index (χ1v) is 12.8. The van der Waals surface area contributed by atoms with Gasteiger partial charge in [-0.3, -0.25) is 0 Å². The van der Waals surface area contributed by atoms with E-state index in [-0.39, 0.29) is 10.8 Å². The summed E-state index contributed by atoms with van der Waals surface area (Å²) in [6.45, 7) is -3.13. The van der Waals surface area contributed by atoms with E-state index in [4.69, 9.17) is 85.0 Å². The van der Waals surface area contributed by atoms with E-state index in [1.807, 2.05) is 0 Å². The lowest BCUT2D eigenvalue weighted by Crippen LogP contribution is -2.11. The number of rotatable bonds is 2. The second kappa shape index (κ2) is 7.31. The molecule has 0 aliphatic carbocycles. The molecule has 2 rings (SSSR count). The highest BCUT2D eigenvalue weighted by molar-refractivity contribution is 8.07. The van der Waals surface area contributed by atoms with Crippen molar-refractivity contribution in [1.29, 1.82) is 0 Å². The zero-order valence-corrected chi connectivity index (χ0v) is 16.9. The van der Waals surface area contributed by atoms with Crippen LogP contribution in [0.3, 0.4) is 0 Å². The maximum Gasteiger partial charge on any atom is 0.322 e. The van der Waals surface area contributed by atoms with Gasteiger partial charge in [-0.1, -0.05) is 38.4 Å². The maximum atomic E-state index is 6.33. The number of hydrogen-bond donors (Lipinski definition) is 0. The summed E-state index contributed by atoms with van der Waals surface area (Å²) in [5, 5.41) is 0.725. The summed E-state index contributed by atoms with van der Waals surface area (Å²) in [7, 11) is -3.29. The van der Waals surface area contributed by atoms with E-state index in [0.717, 1.165) is 7.92 Å². The van der Waals surface area contributed by atoms with E-state index in [9.17, 15) is 0 Å². The molecule has 0 spiro atoms. The highest BCUT2D eigenvalue weighted by Gasteiger charge is 2.45. The molecule has 1 aliphatic heterocycles. The summed E-state index contributed by atoms with van der Waals surface area (Å²) in [6, 6.07) is 4.65. The summed E-state index contributed by atoms with van der Waals surface area (Å²) < 4.78 is 11.9. The predicted molar refractivity (Wildman–Crippen MR) is 93.2 cm³/mol. The van der Waals surface area contributed by atoms with Crippen LogP contribution in [0.1, 0.15) is 0 Å². The van der Waals surface area contributed by atoms with E-state index >= 15 is 0 Å². The van der Waals surface area contributed by atoms with Crippen molar-refractivity contribution in [3.63, 3.8) is 0 Å². The number of halogens is 7. The van der Waals surface area contributed by atoms with Gasteiger partial charge in [-0.15, -0.1) is 3.96 Å². The smallest absolute Gasteiger partial charge is 0.322 e. The van der Waals surface area contributed by atoms with Gasteiger partial charge >= 0.3 is 6.78 Å². The van der Waals surface area contributed by atoms with Crippen LogP contribution in [-0.4, -0.2) is 7.92 Å². The Hall–Kier alpha value is 2.06. The van der Waals surface area contributed by atoms with Gasteiger partial charge in [-0.05, 0) is 64.2 Å². The Morgan fingerprint density at radius 3 is 2.45 bits per heavy atom. The summed E-state index contributed by atoms with van der Waals surface area (Å²) in [6.07, 6.45) is 0. The Morgan fingerprint density at radius 2 is 1.85 bits per heavy atom. The summed E-state index contributed by atoms with van der Waals surface area (Å²) in [5.74, 6) is 0.275. The van der Waals surface area contributed by atoms with Gasteiger partial charge in [0.15, 0.2) is 7.58 Å². The molecule has 1 aliphatic rings. The van der Waals surface area contributed by atoms with Gasteiger partial charge in [0, 0.05) is 5.02 Å². The van der Waals surface area contributed by atoms with Gasteiger partial charge < -0.3 is 4.52 Å². The Balaban J connectivity index is 2.37. The zero-order valence-electron chi connectivity index (χ0n) is 8.97. The molecule has 14 heteroatoms. The fourth-order valence-electron chi connectivity index (χ4n) is 1.10. The fraction of sp³-hybridized carbons (Fsp3) is 0. The van der Waals surface area contributed by atoms with Gasteiger partial charge in [0.25, 0.3) is 0 Å². The molecule has 0 amide bonds. The third-order valence-electron chi connectivity index (χ3n) is 1.90. The molecule has 4 nitrogen and oxygen atoms in total. The van der Waals surface area contributed by atoms with E-state index < -0.39 is 21.9 Å². The van der Waals surface area contributed by atoms with Gasteiger partial charge in [-0.25, -0.2) is 0 Å². The molecule has 3 atom stereocenters. The number of hydrogen-bond acceptors (Lipinski definition) is 4. The second-order valence-electron chi connectivity index (χ2n) is 3.19. The third-order valence-corrected chi connectivity index (χ3v) is 15.1. The van der Waals surface area contributed by atoms with E-state index in [2.05, 4.69) is 4.52 Å². The van der Waals surface area contributed by atoms with Crippen LogP contribution in [0.25, 0.3) is 0 Å². The third kappa shape index (κ3) is 3.93. The van der Waals surface area contributed by atoms with Crippen LogP contribution in [-0.2, 0) is 0 Å². The Bertz CT molecular complexity index is 577. The van der Waals surface area contributed by atoms with Gasteiger partial charge in [0.2, 0.25) is 7.58 Å². The molecule has 1 heterocycles. The van der Waals surface area contributed by atoms with Crippen LogP contribution >= 0.6 is 102 Å². The summed E-state index contributed by atoms with van der Waals surface area (Å²) >= 11 is 42.1. The molecule has 112 valence electrons. The van der Waals surface area contributed by atoms with E-state index in [1.165, 1.54) is 6.07 Å². The van der Waals surface area contributed by atoms with Crippen LogP contribution in [0.4, 0.5) is 0 Å². The summed E-state index contributed by atoms with van der Waals surface area (Å²) in [4.78, 5) is 0. The molecular weight excluding hydrogens is 471 g/mol. The van der Waals surface area contributed by atoms with Crippen molar-refractivity contribution in [2.24, 2.45) is 4.52 Å². The van der Waals surface area contributed by atoms with E-state index in [1.54, 1.807) is 12.1 Å². The topological polar surface area (TPSA) is 28.1 Å². The molecule has 0 aromatic heterocycles. The highest BCUT2D eigenvalue weighted by Crippen LogP contribution is 2.84. The molecule has 0 N–H and O–H groups in total. The molecule has 0 radical (unpaired) electrons. The maximum absolute atomic E-state index is 6.33. The van der Waals surface area contributed by atoms with Gasteiger partial charge in [0.1, 0.15) is 5.75 Å². The van der Waals surface area contributed by atoms with E-state index in [0.29, 0.717) is 5.02 Å². The van der Waals surface area contributed by atoms with Crippen molar-refractivity contribution in [3.8, 4) is 5.75 Å². The minimum Gasteiger partial charge on any atom is -0.433 e. The zero-order chi connectivity index (χ0) is 15.1. The first kappa shape index (κ1) is 18.4. The monoisotopic (exact) mass is 471 g/mol. The molecule has 0 bridgehead atoms. The van der Waals surface area contributed by atoms with Crippen molar-refractivity contribution in [2.75, 3.05) is 0 Å². The molecular formula is C6H3Cl7N3OP3. The average molecular weight is 474 g/mol. The molecule has 1 aromatic carbocycles. The lowest BCUT2D eigenvalue weighted by Gasteiger charge is -2.36. The van der Waals surface area contributed by atoms with Crippen molar-refractivity contribution in [2.45, 2.75) is 0 Å². The predicted octanol–water partition coefficient (Wildman–Crippen LogP) is 8.41. The van der Waals surface area contributed by atoms with Crippen LogP contribution < -0.4 is 4.52 Å². The van der Waals surface area contributed by atoms with Gasteiger partial charge in [-0.2, -0.15) is 4.52 Å². The molecule has 0 saturated heterocycles. The lowest BCUT2D eigenvalue weighted by atomic mass is 10.3. The molecule has 0 saturated carbocycles. The average Bonchev–Trinajstić information content (AvgIpc) is 2.38. The lowest BCUT2D eigenvalue weighted by molar-refractivity contribution is 0.598. The van der Waals surface area contributed by atoms with Crippen molar-refractivity contribution in [1.82, 2.24) is 7.92 Å². The number of benzene rings is 1. The Kier molecular flexibility index (Phi) is 6.72. The Morgan fingerprint density at radius 1 is 1.20 bits per heavy atom. The van der Waals surface area contributed by atoms with Crippen LogP contribution in [0.2, 0.25) is 10.0 Å². The summed E-state index contributed by atoms with van der Waals surface area (Å²) in [5.41, 5.74) is 0. The first-order valence-electron chi connectivity index (χ1n) is 4.55. The van der Waals surface area contributed by atoms with Crippen molar-refractivity contribution >= 4 is 102 Å². The van der Waals surface area contributed by atoms with Crippen molar-refractivity contribution in [3.05, 3.63) is 28.2 Å². The molecule has 0 fully saturated rings. The Labute approximate surface area is 152 Å². The minimum atomic E-state index is -3.13. The standard InChI is InChI=1S/C6H3Cl7N3OP3/c7-4-1-2-6(5(8)3-4)17-20(13)14-18(11)15(9)19(12)16(20)10/h1-3H. The SMILES string of the molecule is Clc1ccc(OP2(Cl)=NP(Cl)N(Cl)P(Cl)N2Cl)c(Cl)c1. The largest absolute Gasteiger partial charge is 0.433 e. The highest BCUT2D eigenvalue weighted by atomic mass is 35.7. The molecule has 20 heavy (non-hydrogen) atoms.